The van der Waals surface area contributed by atoms with Crippen molar-refractivity contribution < 1.29 is 0 Å². The van der Waals surface area contributed by atoms with Gasteiger partial charge in [-0.1, -0.05) is 27.2 Å². The number of hydrogen-bond donors (Lipinski definition) is 0. The Labute approximate surface area is 82.0 Å². The average Bonchev–Trinajstić information content (AvgIpc) is 2.15. The number of nitrogens with zero attached hydrogens (tertiary/aromatic N) is 2. The van der Waals surface area contributed by atoms with Crippen LogP contribution in [0.15, 0.2) is 4.99 Å². The first-order chi connectivity index (χ1) is 6.25. The molecule has 0 spiro atoms. The number of rotatable bonds is 4. The van der Waals surface area contributed by atoms with Crippen LogP contribution in [-0.2, 0) is 0 Å². The van der Waals surface area contributed by atoms with Crippen LogP contribution < -0.4 is 0 Å². The van der Waals surface area contributed by atoms with Gasteiger partial charge in [-0.3, -0.25) is 4.99 Å². The first-order valence-electron chi connectivity index (χ1n) is 5.55. The largest absolute Gasteiger partial charge is 0.360 e. The average molecular weight is 182 g/mol. The maximum atomic E-state index is 4.61. The second-order valence-electron chi connectivity index (χ2n) is 4.09. The van der Waals surface area contributed by atoms with Crippen LogP contribution in [0.25, 0.3) is 0 Å². The van der Waals surface area contributed by atoms with E-state index in [2.05, 4.69) is 30.7 Å². The molecule has 0 bridgehead atoms. The van der Waals surface area contributed by atoms with Gasteiger partial charge >= 0.3 is 0 Å². The molecule has 0 atom stereocenters. The van der Waals surface area contributed by atoms with Crippen molar-refractivity contribution in [1.82, 2.24) is 4.90 Å². The van der Waals surface area contributed by atoms with Gasteiger partial charge in [-0.05, 0) is 12.8 Å². The van der Waals surface area contributed by atoms with E-state index in [1.54, 1.807) is 0 Å². The Balaban J connectivity index is 2.49. The van der Waals surface area contributed by atoms with Crippen molar-refractivity contribution in [2.24, 2.45) is 10.9 Å². The zero-order chi connectivity index (χ0) is 9.68. The lowest BCUT2D eigenvalue weighted by atomic mass is 10.1. The molecular formula is C11H22N2. The zero-order valence-corrected chi connectivity index (χ0v) is 9.21. The molecule has 0 unspecified atom stereocenters. The highest BCUT2D eigenvalue weighted by Gasteiger charge is 2.16. The van der Waals surface area contributed by atoms with E-state index in [-0.39, 0.29) is 0 Å². The molecule has 1 aliphatic heterocycles. The van der Waals surface area contributed by atoms with Gasteiger partial charge in [0.2, 0.25) is 0 Å². The van der Waals surface area contributed by atoms with Crippen LogP contribution in [0.2, 0.25) is 0 Å². The molecule has 0 N–H and O–H groups in total. The van der Waals surface area contributed by atoms with E-state index in [4.69, 9.17) is 0 Å². The first kappa shape index (κ1) is 10.6. The van der Waals surface area contributed by atoms with Crippen molar-refractivity contribution in [2.45, 2.75) is 40.0 Å². The van der Waals surface area contributed by atoms with Gasteiger partial charge in [0.15, 0.2) is 0 Å². The van der Waals surface area contributed by atoms with Crippen molar-refractivity contribution in [3.05, 3.63) is 0 Å². The lowest BCUT2D eigenvalue weighted by Gasteiger charge is -2.31. The third kappa shape index (κ3) is 3.02. The second-order valence-corrected chi connectivity index (χ2v) is 4.09. The Hall–Kier alpha value is -0.530. The highest BCUT2D eigenvalue weighted by atomic mass is 15.2. The van der Waals surface area contributed by atoms with Crippen LogP contribution in [0.4, 0.5) is 0 Å². The van der Waals surface area contributed by atoms with E-state index in [0.717, 1.165) is 6.54 Å². The molecule has 2 nitrogen and oxygen atoms in total. The van der Waals surface area contributed by atoms with Crippen molar-refractivity contribution in [2.75, 3.05) is 19.6 Å². The summed E-state index contributed by atoms with van der Waals surface area (Å²) in [5.74, 6) is 1.93. The Bertz CT molecular complexity index is 173. The van der Waals surface area contributed by atoms with Gasteiger partial charge in [-0.2, -0.15) is 0 Å². The molecule has 0 saturated carbocycles. The molecule has 1 heterocycles. The Morgan fingerprint density at radius 1 is 1.46 bits per heavy atom. The summed E-state index contributed by atoms with van der Waals surface area (Å²) >= 11 is 0. The highest BCUT2D eigenvalue weighted by molar-refractivity contribution is 5.84. The predicted octanol–water partition coefficient (Wildman–Crippen LogP) is 2.55. The minimum Gasteiger partial charge on any atom is -0.360 e. The van der Waals surface area contributed by atoms with Crippen molar-refractivity contribution in [1.29, 1.82) is 0 Å². The summed E-state index contributed by atoms with van der Waals surface area (Å²) < 4.78 is 0. The van der Waals surface area contributed by atoms with Crippen LogP contribution >= 0.6 is 0 Å². The smallest absolute Gasteiger partial charge is 0.101 e. The molecule has 0 aliphatic carbocycles. The third-order valence-corrected chi connectivity index (χ3v) is 2.48. The highest BCUT2D eigenvalue weighted by Crippen LogP contribution is 2.11. The number of unbranched alkanes of at least 4 members (excludes halogenated alkanes) is 1. The Kier molecular flexibility index (Phi) is 4.26. The zero-order valence-electron chi connectivity index (χ0n) is 9.21. The van der Waals surface area contributed by atoms with Gasteiger partial charge in [0.1, 0.15) is 5.84 Å². The quantitative estimate of drug-likeness (QED) is 0.652. The molecule has 1 rings (SSSR count). The standard InChI is InChI=1S/C11H22N2/c1-4-5-8-13-9-6-7-12-11(13)10(2)3/h10H,4-9H2,1-3H3. The minimum atomic E-state index is 0.595. The third-order valence-electron chi connectivity index (χ3n) is 2.48. The van der Waals surface area contributed by atoms with E-state index in [9.17, 15) is 0 Å². The van der Waals surface area contributed by atoms with Crippen LogP contribution in [0, 0.1) is 5.92 Å². The fourth-order valence-corrected chi connectivity index (χ4v) is 1.79. The molecule has 0 aromatic carbocycles. The molecule has 2 heteroatoms. The molecule has 0 amide bonds. The summed E-state index contributed by atoms with van der Waals surface area (Å²) in [7, 11) is 0. The van der Waals surface area contributed by atoms with Crippen LogP contribution in [0.3, 0.4) is 0 Å². The van der Waals surface area contributed by atoms with Gasteiger partial charge in [-0.15, -0.1) is 0 Å². The van der Waals surface area contributed by atoms with E-state index in [1.165, 1.54) is 38.2 Å². The van der Waals surface area contributed by atoms with E-state index in [1.807, 2.05) is 0 Å². The molecule has 0 saturated heterocycles. The topological polar surface area (TPSA) is 15.6 Å². The normalized spacial score (nSPS) is 17.8. The molecule has 0 aromatic rings. The van der Waals surface area contributed by atoms with Gasteiger partial charge < -0.3 is 4.90 Å². The Morgan fingerprint density at radius 3 is 2.85 bits per heavy atom. The molecule has 76 valence electrons. The molecule has 0 radical (unpaired) electrons. The number of hydrogen-bond acceptors (Lipinski definition) is 2. The van der Waals surface area contributed by atoms with E-state index in [0.29, 0.717) is 5.92 Å². The number of aliphatic imine (C=N–C) groups is 1. The minimum absolute atomic E-state index is 0.595. The summed E-state index contributed by atoms with van der Waals surface area (Å²) in [6.45, 7) is 10.2. The second kappa shape index (κ2) is 5.25. The van der Waals surface area contributed by atoms with Gasteiger partial charge in [-0.25, -0.2) is 0 Å². The summed E-state index contributed by atoms with van der Waals surface area (Å²) in [4.78, 5) is 7.08. The predicted molar refractivity (Wildman–Crippen MR) is 58.2 cm³/mol. The molecule has 0 fully saturated rings. The fourth-order valence-electron chi connectivity index (χ4n) is 1.79. The monoisotopic (exact) mass is 182 g/mol. The van der Waals surface area contributed by atoms with E-state index < -0.39 is 0 Å². The lowest BCUT2D eigenvalue weighted by Crippen LogP contribution is -2.39. The van der Waals surface area contributed by atoms with Gasteiger partial charge in [0.05, 0.1) is 0 Å². The maximum Gasteiger partial charge on any atom is 0.101 e. The summed E-state index contributed by atoms with van der Waals surface area (Å²) in [6.07, 6.45) is 3.81. The van der Waals surface area contributed by atoms with Crippen molar-refractivity contribution in [3.63, 3.8) is 0 Å². The Morgan fingerprint density at radius 2 is 2.23 bits per heavy atom. The first-order valence-corrected chi connectivity index (χ1v) is 5.55. The summed E-state index contributed by atoms with van der Waals surface area (Å²) in [6, 6.07) is 0. The van der Waals surface area contributed by atoms with Crippen molar-refractivity contribution >= 4 is 5.84 Å². The number of amidine groups is 1. The lowest BCUT2D eigenvalue weighted by molar-refractivity contribution is 0.367. The van der Waals surface area contributed by atoms with Crippen LogP contribution in [-0.4, -0.2) is 30.4 Å². The maximum absolute atomic E-state index is 4.61. The van der Waals surface area contributed by atoms with Crippen LogP contribution in [0.1, 0.15) is 40.0 Å². The van der Waals surface area contributed by atoms with Crippen LogP contribution in [0.5, 0.6) is 0 Å². The molecule has 13 heavy (non-hydrogen) atoms. The van der Waals surface area contributed by atoms with Crippen molar-refractivity contribution in [3.8, 4) is 0 Å². The van der Waals surface area contributed by atoms with E-state index >= 15 is 0 Å². The molecular weight excluding hydrogens is 160 g/mol. The van der Waals surface area contributed by atoms with Gasteiger partial charge in [0, 0.05) is 25.6 Å². The van der Waals surface area contributed by atoms with Gasteiger partial charge in [0.25, 0.3) is 0 Å². The fraction of sp³-hybridized carbons (Fsp3) is 0.909. The SMILES string of the molecule is CCCCN1CCCN=C1C(C)C. The molecule has 0 aromatic heterocycles. The summed E-state index contributed by atoms with van der Waals surface area (Å²) in [5.41, 5.74) is 0. The molecule has 1 aliphatic rings. The summed E-state index contributed by atoms with van der Waals surface area (Å²) in [5, 5.41) is 0.